The van der Waals surface area contributed by atoms with E-state index in [1.54, 1.807) is 17.1 Å². The molecule has 7 heteroatoms. The van der Waals surface area contributed by atoms with E-state index < -0.39 is 5.60 Å². The van der Waals surface area contributed by atoms with Gasteiger partial charge in [-0.2, -0.15) is 5.26 Å². The molecule has 0 amide bonds. The van der Waals surface area contributed by atoms with E-state index in [0.717, 1.165) is 18.7 Å². The molecule has 1 aliphatic rings. The van der Waals surface area contributed by atoms with Crippen LogP contribution in [0.4, 0.5) is 0 Å². The minimum absolute atomic E-state index is 0.460. The van der Waals surface area contributed by atoms with Crippen LogP contribution in [0, 0.1) is 11.3 Å². The molecule has 0 radical (unpaired) electrons. The number of hydrogen-bond acceptors (Lipinski definition) is 5. The Kier molecular flexibility index (Phi) is 3.49. The van der Waals surface area contributed by atoms with E-state index in [1.807, 2.05) is 23.9 Å². The molecule has 1 fully saturated rings. The van der Waals surface area contributed by atoms with Gasteiger partial charge in [-0.25, -0.2) is 4.68 Å². The molecule has 1 saturated heterocycles. The molecule has 0 bridgehead atoms. The van der Waals surface area contributed by atoms with Gasteiger partial charge in [-0.1, -0.05) is 5.21 Å². The summed E-state index contributed by atoms with van der Waals surface area (Å²) in [5.41, 5.74) is 0.988. The molecule has 3 rings (SSSR count). The Labute approximate surface area is 123 Å². The van der Waals surface area contributed by atoms with Gasteiger partial charge >= 0.3 is 0 Å². The summed E-state index contributed by atoms with van der Waals surface area (Å²) >= 11 is 0. The molecule has 0 spiro atoms. The van der Waals surface area contributed by atoms with Crippen LogP contribution in [0.25, 0.3) is 0 Å². The van der Waals surface area contributed by atoms with E-state index in [-0.39, 0.29) is 0 Å². The van der Waals surface area contributed by atoms with Gasteiger partial charge in [-0.3, -0.25) is 4.90 Å². The Morgan fingerprint density at radius 3 is 3.05 bits per heavy atom. The Morgan fingerprint density at radius 1 is 1.52 bits per heavy atom. The summed E-state index contributed by atoms with van der Waals surface area (Å²) in [6, 6.07) is 4.06. The summed E-state index contributed by atoms with van der Waals surface area (Å²) in [5.74, 6) is 0. The Hall–Kier alpha value is -2.17. The second-order valence-corrected chi connectivity index (χ2v) is 5.74. The van der Waals surface area contributed by atoms with Gasteiger partial charge in [0.1, 0.15) is 11.8 Å². The van der Waals surface area contributed by atoms with Crippen molar-refractivity contribution in [2.75, 3.05) is 13.1 Å². The van der Waals surface area contributed by atoms with Crippen LogP contribution in [0.2, 0.25) is 0 Å². The highest BCUT2D eigenvalue weighted by Gasteiger charge is 2.36. The fourth-order valence-corrected chi connectivity index (χ4v) is 2.91. The van der Waals surface area contributed by atoms with Gasteiger partial charge in [0.2, 0.25) is 0 Å². The molecule has 3 heterocycles. The lowest BCUT2D eigenvalue weighted by Gasteiger charge is -2.23. The van der Waals surface area contributed by atoms with E-state index >= 15 is 0 Å². The second-order valence-electron chi connectivity index (χ2n) is 5.74. The van der Waals surface area contributed by atoms with E-state index in [9.17, 15) is 5.11 Å². The van der Waals surface area contributed by atoms with Crippen molar-refractivity contribution in [3.05, 3.63) is 35.9 Å². The van der Waals surface area contributed by atoms with Crippen molar-refractivity contribution in [2.45, 2.75) is 25.1 Å². The quantitative estimate of drug-likeness (QED) is 0.863. The van der Waals surface area contributed by atoms with Crippen LogP contribution >= 0.6 is 0 Å². The van der Waals surface area contributed by atoms with Crippen LogP contribution < -0.4 is 0 Å². The van der Waals surface area contributed by atoms with Crippen molar-refractivity contribution in [3.63, 3.8) is 0 Å². The van der Waals surface area contributed by atoms with Gasteiger partial charge in [0.05, 0.1) is 18.3 Å². The van der Waals surface area contributed by atoms with Crippen molar-refractivity contribution in [2.24, 2.45) is 7.05 Å². The Bertz CT molecular complexity index is 656. The standard InChI is InChI=1S/C14H18N6O/c1-18-8-12(6-13(18)7-15)9-19-4-2-14(21,10-19)11-20-5-3-16-17-20/h3,5-6,8,21H,2,4,9-11H2,1H3. The first-order valence-electron chi connectivity index (χ1n) is 6.92. The predicted octanol–water partition coefficient (Wildman–Crippen LogP) is 0.125. The molecule has 0 saturated carbocycles. The minimum atomic E-state index is -0.763. The van der Waals surface area contributed by atoms with Gasteiger partial charge in [0.25, 0.3) is 0 Å². The van der Waals surface area contributed by atoms with Crippen molar-refractivity contribution in [3.8, 4) is 6.07 Å². The molecule has 110 valence electrons. The zero-order valence-electron chi connectivity index (χ0n) is 12.0. The topological polar surface area (TPSA) is 82.9 Å². The molecule has 1 N–H and O–H groups in total. The third-order valence-corrected chi connectivity index (χ3v) is 3.92. The smallest absolute Gasteiger partial charge is 0.120 e. The maximum absolute atomic E-state index is 10.6. The highest BCUT2D eigenvalue weighted by molar-refractivity contribution is 5.28. The molecule has 0 aliphatic carbocycles. The number of aliphatic hydroxyl groups is 1. The number of likely N-dealkylation sites (tertiary alicyclic amines) is 1. The number of aryl methyl sites for hydroxylation is 1. The average Bonchev–Trinajstić information content (AvgIpc) is 3.13. The molecule has 1 aliphatic heterocycles. The lowest BCUT2D eigenvalue weighted by molar-refractivity contribution is 0.0274. The van der Waals surface area contributed by atoms with Crippen molar-refractivity contribution < 1.29 is 5.11 Å². The first-order chi connectivity index (χ1) is 10.1. The normalized spacial score (nSPS) is 22.5. The number of nitriles is 1. The largest absolute Gasteiger partial charge is 0.387 e. The maximum Gasteiger partial charge on any atom is 0.120 e. The first-order valence-corrected chi connectivity index (χ1v) is 6.92. The SMILES string of the molecule is Cn1cc(CN2CCC(O)(Cn3ccnn3)C2)cc1C#N. The lowest BCUT2D eigenvalue weighted by Crippen LogP contribution is -2.37. The van der Waals surface area contributed by atoms with Gasteiger partial charge in [-0.05, 0) is 18.1 Å². The monoisotopic (exact) mass is 286 g/mol. The van der Waals surface area contributed by atoms with Crippen LogP contribution in [0.15, 0.2) is 24.7 Å². The predicted molar refractivity (Wildman–Crippen MR) is 75.0 cm³/mol. The number of rotatable bonds is 4. The summed E-state index contributed by atoms with van der Waals surface area (Å²) in [7, 11) is 1.87. The maximum atomic E-state index is 10.6. The third-order valence-electron chi connectivity index (χ3n) is 3.92. The van der Waals surface area contributed by atoms with Gasteiger partial charge in [0.15, 0.2) is 0 Å². The van der Waals surface area contributed by atoms with E-state index in [2.05, 4.69) is 21.3 Å². The van der Waals surface area contributed by atoms with Crippen molar-refractivity contribution >= 4 is 0 Å². The molecule has 1 atom stereocenters. The molecule has 7 nitrogen and oxygen atoms in total. The summed E-state index contributed by atoms with van der Waals surface area (Å²) in [6.45, 7) is 2.64. The number of hydrogen-bond donors (Lipinski definition) is 1. The zero-order valence-corrected chi connectivity index (χ0v) is 12.0. The van der Waals surface area contributed by atoms with Crippen molar-refractivity contribution in [1.82, 2.24) is 24.5 Å². The average molecular weight is 286 g/mol. The molecular formula is C14H18N6O. The second kappa shape index (κ2) is 5.31. The van der Waals surface area contributed by atoms with Gasteiger partial charge < -0.3 is 9.67 Å². The molecule has 0 aromatic carbocycles. The number of β-amino-alcohol motifs (C(OH)–C–C–N with tert-alkyl or cyclic N) is 1. The Balaban J connectivity index is 1.62. The van der Waals surface area contributed by atoms with Gasteiger partial charge in [-0.15, -0.1) is 5.10 Å². The summed E-state index contributed by atoms with van der Waals surface area (Å²) < 4.78 is 3.49. The zero-order chi connectivity index (χ0) is 14.9. The first kappa shape index (κ1) is 13.8. The third kappa shape index (κ3) is 2.96. The fourth-order valence-electron chi connectivity index (χ4n) is 2.91. The van der Waals surface area contributed by atoms with Crippen LogP contribution in [-0.2, 0) is 20.1 Å². The highest BCUT2D eigenvalue weighted by atomic mass is 16.3. The van der Waals surface area contributed by atoms with Crippen LogP contribution in [-0.4, -0.2) is 48.3 Å². The van der Waals surface area contributed by atoms with E-state index in [1.165, 1.54) is 0 Å². The van der Waals surface area contributed by atoms with Crippen LogP contribution in [0.5, 0.6) is 0 Å². The number of aromatic nitrogens is 4. The van der Waals surface area contributed by atoms with Crippen LogP contribution in [0.3, 0.4) is 0 Å². The molecule has 21 heavy (non-hydrogen) atoms. The van der Waals surface area contributed by atoms with Crippen molar-refractivity contribution in [1.29, 1.82) is 5.26 Å². The summed E-state index contributed by atoms with van der Waals surface area (Å²) in [6.07, 6.45) is 6.05. The number of nitrogens with zero attached hydrogens (tertiary/aromatic N) is 6. The molecule has 2 aromatic heterocycles. The van der Waals surface area contributed by atoms with E-state index in [0.29, 0.717) is 25.2 Å². The Morgan fingerprint density at radius 2 is 2.38 bits per heavy atom. The fraction of sp³-hybridized carbons (Fsp3) is 0.500. The minimum Gasteiger partial charge on any atom is -0.387 e. The van der Waals surface area contributed by atoms with E-state index in [4.69, 9.17) is 5.26 Å². The van der Waals surface area contributed by atoms with Crippen LogP contribution in [0.1, 0.15) is 17.7 Å². The lowest BCUT2D eigenvalue weighted by atomic mass is 10.0. The summed E-state index contributed by atoms with van der Waals surface area (Å²) in [5, 5.41) is 27.3. The highest BCUT2D eigenvalue weighted by Crippen LogP contribution is 2.24. The van der Waals surface area contributed by atoms with Gasteiger partial charge in [0, 0.05) is 39.1 Å². The molecular weight excluding hydrogens is 268 g/mol. The summed E-state index contributed by atoms with van der Waals surface area (Å²) in [4.78, 5) is 2.20. The molecule has 2 aromatic rings. The molecule has 1 unspecified atom stereocenters.